The second kappa shape index (κ2) is 5.84. The van der Waals surface area contributed by atoms with Gasteiger partial charge in [0.2, 0.25) is 0 Å². The topological polar surface area (TPSA) is 67.9 Å². The number of halogens is 4. The molecule has 0 unspecified atom stereocenters. The largest absolute Gasteiger partial charge is 0.461 e. The Morgan fingerprint density at radius 2 is 2.10 bits per heavy atom. The van der Waals surface area contributed by atoms with Crippen molar-refractivity contribution in [2.45, 2.75) is 13.1 Å². The van der Waals surface area contributed by atoms with Gasteiger partial charge in [-0.25, -0.2) is 4.79 Å². The molecular formula is C12H9BrF3N3O2. The fraction of sp³-hybridized carbons (Fsp3) is 0.250. The monoisotopic (exact) mass is 363 g/mol. The lowest BCUT2D eigenvalue weighted by molar-refractivity contribution is -0.137. The number of aromatic amines is 1. The van der Waals surface area contributed by atoms with E-state index in [1.165, 1.54) is 12.1 Å². The highest BCUT2D eigenvalue weighted by molar-refractivity contribution is 9.10. The minimum Gasteiger partial charge on any atom is -0.461 e. The van der Waals surface area contributed by atoms with E-state index in [1.807, 2.05) is 0 Å². The third kappa shape index (κ3) is 3.23. The van der Waals surface area contributed by atoms with Gasteiger partial charge in [-0.2, -0.15) is 23.5 Å². The number of alkyl halides is 3. The number of hydrogen-bond donors (Lipinski definition) is 1. The van der Waals surface area contributed by atoms with Gasteiger partial charge in [0, 0.05) is 10.0 Å². The van der Waals surface area contributed by atoms with Crippen molar-refractivity contribution >= 4 is 21.9 Å². The van der Waals surface area contributed by atoms with Crippen LogP contribution in [0.3, 0.4) is 0 Å². The van der Waals surface area contributed by atoms with Crippen molar-refractivity contribution in [1.82, 2.24) is 15.4 Å². The Balaban J connectivity index is 2.60. The molecule has 1 aromatic carbocycles. The Labute approximate surface area is 125 Å². The molecule has 0 atom stereocenters. The molecule has 9 heteroatoms. The van der Waals surface area contributed by atoms with Crippen LogP contribution in [-0.2, 0) is 10.9 Å². The van der Waals surface area contributed by atoms with E-state index >= 15 is 0 Å². The van der Waals surface area contributed by atoms with Gasteiger partial charge in [-0.05, 0) is 25.1 Å². The quantitative estimate of drug-likeness (QED) is 0.848. The van der Waals surface area contributed by atoms with Gasteiger partial charge in [-0.15, -0.1) is 5.10 Å². The first-order valence-electron chi connectivity index (χ1n) is 5.79. The van der Waals surface area contributed by atoms with Crippen molar-refractivity contribution in [3.05, 3.63) is 33.9 Å². The number of aromatic nitrogens is 3. The highest BCUT2D eigenvalue weighted by Crippen LogP contribution is 2.38. The van der Waals surface area contributed by atoms with Crippen molar-refractivity contribution in [3.63, 3.8) is 0 Å². The Hall–Kier alpha value is -1.90. The van der Waals surface area contributed by atoms with Crippen LogP contribution in [0.2, 0.25) is 0 Å². The minimum absolute atomic E-state index is 0.0791. The first-order valence-corrected chi connectivity index (χ1v) is 6.59. The van der Waals surface area contributed by atoms with Crippen LogP contribution in [0.1, 0.15) is 23.0 Å². The number of ether oxygens (including phenoxy) is 1. The molecule has 0 radical (unpaired) electrons. The number of carbonyl (C=O) groups is 1. The second-order valence-electron chi connectivity index (χ2n) is 3.93. The zero-order valence-electron chi connectivity index (χ0n) is 10.7. The molecule has 0 saturated heterocycles. The molecule has 0 bridgehead atoms. The summed E-state index contributed by atoms with van der Waals surface area (Å²) in [6, 6.07) is 3.39. The number of benzene rings is 1. The van der Waals surface area contributed by atoms with Gasteiger partial charge in [0.05, 0.1) is 12.2 Å². The molecule has 5 nitrogen and oxygen atoms in total. The third-order valence-electron chi connectivity index (χ3n) is 2.56. The number of rotatable bonds is 3. The summed E-state index contributed by atoms with van der Waals surface area (Å²) in [6.45, 7) is 1.66. The lowest BCUT2D eigenvalue weighted by atomic mass is 10.0. The third-order valence-corrected chi connectivity index (χ3v) is 3.05. The fourth-order valence-electron chi connectivity index (χ4n) is 1.72. The predicted octanol–water partition coefficient (Wildman–Crippen LogP) is 3.43. The summed E-state index contributed by atoms with van der Waals surface area (Å²) in [4.78, 5) is 11.7. The molecule has 0 aliphatic rings. The van der Waals surface area contributed by atoms with Crippen molar-refractivity contribution in [3.8, 4) is 11.3 Å². The van der Waals surface area contributed by atoms with Gasteiger partial charge in [-0.3, -0.25) is 0 Å². The fourth-order valence-corrected chi connectivity index (χ4v) is 2.08. The number of H-pyrrole nitrogens is 1. The average Bonchev–Trinajstić information content (AvgIpc) is 2.86. The van der Waals surface area contributed by atoms with E-state index in [9.17, 15) is 18.0 Å². The molecule has 0 spiro atoms. The van der Waals surface area contributed by atoms with Crippen LogP contribution < -0.4 is 0 Å². The molecule has 2 rings (SSSR count). The van der Waals surface area contributed by atoms with Crippen LogP contribution in [-0.4, -0.2) is 28.0 Å². The highest BCUT2D eigenvalue weighted by atomic mass is 79.9. The molecule has 1 aromatic heterocycles. The van der Waals surface area contributed by atoms with E-state index < -0.39 is 17.7 Å². The summed E-state index contributed by atoms with van der Waals surface area (Å²) in [5, 5.41) is 9.37. The maximum atomic E-state index is 13.1. The van der Waals surface area contributed by atoms with Crippen molar-refractivity contribution in [2.75, 3.05) is 6.61 Å². The lowest BCUT2D eigenvalue weighted by Gasteiger charge is -2.12. The predicted molar refractivity (Wildman–Crippen MR) is 70.5 cm³/mol. The summed E-state index contributed by atoms with van der Waals surface area (Å²) < 4.78 is 44.4. The van der Waals surface area contributed by atoms with Crippen LogP contribution in [0.25, 0.3) is 11.3 Å². The molecule has 1 heterocycles. The SMILES string of the molecule is CCOC(=O)c1n[nH]nc1-c1cc(Br)ccc1C(F)(F)F. The summed E-state index contributed by atoms with van der Waals surface area (Å²) in [7, 11) is 0. The zero-order valence-corrected chi connectivity index (χ0v) is 12.2. The summed E-state index contributed by atoms with van der Waals surface area (Å²) >= 11 is 3.10. The number of carbonyl (C=O) groups excluding carboxylic acids is 1. The Morgan fingerprint density at radius 3 is 2.71 bits per heavy atom. The maximum absolute atomic E-state index is 13.1. The molecule has 0 aliphatic heterocycles. The van der Waals surface area contributed by atoms with E-state index in [0.29, 0.717) is 4.47 Å². The number of nitrogens with zero attached hydrogens (tertiary/aromatic N) is 2. The van der Waals surface area contributed by atoms with Crippen molar-refractivity contribution < 1.29 is 22.7 Å². The van der Waals surface area contributed by atoms with Crippen LogP contribution >= 0.6 is 15.9 Å². The normalized spacial score (nSPS) is 11.5. The van der Waals surface area contributed by atoms with Crippen LogP contribution in [0, 0.1) is 0 Å². The van der Waals surface area contributed by atoms with Gasteiger partial charge >= 0.3 is 12.1 Å². The summed E-state index contributed by atoms with van der Waals surface area (Å²) in [6.07, 6.45) is -4.58. The highest BCUT2D eigenvalue weighted by Gasteiger charge is 2.35. The number of hydrogen-bond acceptors (Lipinski definition) is 4. The van der Waals surface area contributed by atoms with Gasteiger partial charge in [0.15, 0.2) is 5.69 Å². The van der Waals surface area contributed by atoms with Crippen molar-refractivity contribution in [2.24, 2.45) is 0 Å². The molecule has 0 amide bonds. The molecule has 21 heavy (non-hydrogen) atoms. The Kier molecular flexibility index (Phi) is 4.31. The Bertz CT molecular complexity index is 670. The molecule has 0 aliphatic carbocycles. The molecule has 112 valence electrons. The van der Waals surface area contributed by atoms with Crippen LogP contribution in [0.4, 0.5) is 13.2 Å². The lowest BCUT2D eigenvalue weighted by Crippen LogP contribution is -2.10. The molecule has 1 N–H and O–H groups in total. The van der Waals surface area contributed by atoms with E-state index in [1.54, 1.807) is 6.92 Å². The standard InChI is InChI=1S/C12H9BrF3N3O2/c1-2-21-11(20)10-9(17-19-18-10)7-5-6(13)3-4-8(7)12(14,15)16/h3-5H,2H2,1H3,(H,17,18,19). The summed E-state index contributed by atoms with van der Waals surface area (Å²) in [5.74, 6) is -0.839. The minimum atomic E-state index is -4.58. The van der Waals surface area contributed by atoms with Gasteiger partial charge in [-0.1, -0.05) is 15.9 Å². The van der Waals surface area contributed by atoms with Gasteiger partial charge < -0.3 is 4.74 Å². The van der Waals surface area contributed by atoms with Gasteiger partial charge in [0.1, 0.15) is 5.69 Å². The first kappa shape index (κ1) is 15.5. The first-order chi connectivity index (χ1) is 9.84. The van der Waals surface area contributed by atoms with Crippen LogP contribution in [0.5, 0.6) is 0 Å². The molecule has 0 fully saturated rings. The van der Waals surface area contributed by atoms with E-state index in [2.05, 4.69) is 31.3 Å². The van der Waals surface area contributed by atoms with E-state index in [-0.39, 0.29) is 23.6 Å². The van der Waals surface area contributed by atoms with E-state index in [0.717, 1.165) is 6.07 Å². The molecule has 0 saturated carbocycles. The average molecular weight is 364 g/mol. The summed E-state index contributed by atoms with van der Waals surface area (Å²) in [5.41, 5.74) is -1.67. The Morgan fingerprint density at radius 1 is 1.38 bits per heavy atom. The van der Waals surface area contributed by atoms with Gasteiger partial charge in [0.25, 0.3) is 0 Å². The van der Waals surface area contributed by atoms with Crippen molar-refractivity contribution in [1.29, 1.82) is 0 Å². The number of nitrogens with one attached hydrogen (secondary N) is 1. The second-order valence-corrected chi connectivity index (χ2v) is 4.84. The van der Waals surface area contributed by atoms with Crippen LogP contribution in [0.15, 0.2) is 22.7 Å². The zero-order chi connectivity index (χ0) is 15.6. The smallest absolute Gasteiger partial charge is 0.417 e. The molecule has 2 aromatic rings. The maximum Gasteiger partial charge on any atom is 0.417 e. The van der Waals surface area contributed by atoms with E-state index in [4.69, 9.17) is 4.74 Å². The molecular weight excluding hydrogens is 355 g/mol. The number of esters is 1.